The molecule has 1 aromatic rings. The van der Waals surface area contributed by atoms with E-state index < -0.39 is 40.0 Å². The highest BCUT2D eigenvalue weighted by Gasteiger charge is 2.28. The molecule has 1 aromatic carbocycles. The second-order valence-electron chi connectivity index (χ2n) is 3.51. The topological polar surface area (TPSA) is 95.7 Å². The van der Waals surface area contributed by atoms with Crippen LogP contribution in [0.1, 0.15) is 6.92 Å². The van der Waals surface area contributed by atoms with Crippen LogP contribution in [-0.4, -0.2) is 24.0 Å². The maximum Gasteiger partial charge on any atom is 0.346 e. The van der Waals surface area contributed by atoms with Crippen molar-refractivity contribution in [2.45, 2.75) is 6.92 Å². The van der Waals surface area contributed by atoms with Crippen molar-refractivity contribution in [1.29, 1.82) is 0 Å². The van der Waals surface area contributed by atoms with Crippen molar-refractivity contribution in [3.05, 3.63) is 34.1 Å². The Balaban J connectivity index is 3.01. The molecule has 0 fully saturated rings. The van der Waals surface area contributed by atoms with Gasteiger partial charge in [0.2, 0.25) is 11.6 Å². The molecule has 0 aliphatic carbocycles. The highest BCUT2D eigenvalue weighted by molar-refractivity contribution is 5.95. The number of esters is 2. The summed E-state index contributed by atoms with van der Waals surface area (Å²) in [5, 5.41) is 10.7. The normalized spacial score (nSPS) is 11.5. The summed E-state index contributed by atoms with van der Waals surface area (Å²) in [6, 6.07) is 3.07. The average Bonchev–Trinajstić information content (AvgIpc) is 2.36. The van der Waals surface area contributed by atoms with Crippen LogP contribution in [0, 0.1) is 21.8 Å². The van der Waals surface area contributed by atoms with Crippen molar-refractivity contribution in [2.75, 3.05) is 7.11 Å². The van der Waals surface area contributed by atoms with Gasteiger partial charge in [-0.05, 0) is 19.1 Å². The monoisotopic (exact) mass is 271 g/mol. The first-order chi connectivity index (χ1) is 8.88. The minimum atomic E-state index is -1.27. The van der Waals surface area contributed by atoms with Gasteiger partial charge in [0, 0.05) is 0 Å². The predicted octanol–water partition coefficient (Wildman–Crippen LogP) is 1.45. The lowest BCUT2D eigenvalue weighted by Crippen LogP contribution is -2.26. The molecule has 0 aliphatic rings. The van der Waals surface area contributed by atoms with Crippen LogP contribution in [-0.2, 0) is 14.3 Å². The largest absolute Gasteiger partial charge is 0.468 e. The van der Waals surface area contributed by atoms with Gasteiger partial charge in [-0.1, -0.05) is 6.07 Å². The Hall–Kier alpha value is -2.51. The van der Waals surface area contributed by atoms with Crippen molar-refractivity contribution in [1.82, 2.24) is 0 Å². The van der Waals surface area contributed by atoms with E-state index >= 15 is 0 Å². The fourth-order valence-corrected chi connectivity index (χ4v) is 1.22. The van der Waals surface area contributed by atoms with Gasteiger partial charge in [-0.25, -0.2) is 0 Å². The van der Waals surface area contributed by atoms with E-state index in [0.717, 1.165) is 25.3 Å². The zero-order valence-electron chi connectivity index (χ0n) is 10.1. The molecule has 0 aromatic heterocycles. The van der Waals surface area contributed by atoms with Gasteiger partial charge < -0.3 is 9.47 Å². The van der Waals surface area contributed by atoms with Crippen molar-refractivity contribution in [3.63, 3.8) is 0 Å². The van der Waals surface area contributed by atoms with Crippen LogP contribution < -0.4 is 4.74 Å². The third-order valence-corrected chi connectivity index (χ3v) is 2.25. The van der Waals surface area contributed by atoms with Crippen molar-refractivity contribution >= 4 is 17.6 Å². The molecule has 1 atom stereocenters. The summed E-state index contributed by atoms with van der Waals surface area (Å²) in [6.45, 7) is 1.21. The minimum absolute atomic E-state index is 0.564. The lowest BCUT2D eigenvalue weighted by molar-refractivity contribution is -0.388. The Morgan fingerprint density at radius 3 is 2.53 bits per heavy atom. The molecule has 0 N–H and O–H groups in total. The number of hydrogen-bond donors (Lipinski definition) is 0. The lowest BCUT2D eigenvalue weighted by Gasteiger charge is -2.09. The van der Waals surface area contributed by atoms with E-state index in [1.165, 1.54) is 6.92 Å². The van der Waals surface area contributed by atoms with Gasteiger partial charge in [-0.3, -0.25) is 19.7 Å². The fraction of sp³-hybridized carbons (Fsp3) is 0.273. The first-order valence-electron chi connectivity index (χ1n) is 5.11. The average molecular weight is 271 g/mol. The van der Waals surface area contributed by atoms with E-state index in [4.69, 9.17) is 0 Å². The van der Waals surface area contributed by atoms with Crippen LogP contribution in [0.3, 0.4) is 0 Å². The van der Waals surface area contributed by atoms with E-state index in [0.29, 0.717) is 0 Å². The van der Waals surface area contributed by atoms with Crippen LogP contribution in [0.4, 0.5) is 10.1 Å². The maximum absolute atomic E-state index is 13.3. The molecule has 0 radical (unpaired) electrons. The van der Waals surface area contributed by atoms with E-state index in [1.54, 1.807) is 0 Å². The third-order valence-electron chi connectivity index (χ3n) is 2.25. The molecule has 19 heavy (non-hydrogen) atoms. The van der Waals surface area contributed by atoms with Gasteiger partial charge in [0.05, 0.1) is 12.0 Å². The van der Waals surface area contributed by atoms with Gasteiger partial charge in [0.1, 0.15) is 0 Å². The number of nitro groups is 1. The number of nitrogens with zero attached hydrogens (tertiary/aromatic N) is 1. The number of methoxy groups -OCH3 is 1. The van der Waals surface area contributed by atoms with E-state index in [1.807, 2.05) is 0 Å². The smallest absolute Gasteiger partial charge is 0.346 e. The predicted molar refractivity (Wildman–Crippen MR) is 59.9 cm³/mol. The highest BCUT2D eigenvalue weighted by atomic mass is 19.1. The van der Waals surface area contributed by atoms with Gasteiger partial charge in [0.25, 0.3) is 0 Å². The number of hydrogen-bond acceptors (Lipinski definition) is 6. The molecule has 102 valence electrons. The number of ether oxygens (including phenoxy) is 2. The van der Waals surface area contributed by atoms with Gasteiger partial charge in [0.15, 0.2) is 5.92 Å². The number of carbonyl (C=O) groups is 2. The number of nitro benzene ring substituents is 1. The lowest BCUT2D eigenvalue weighted by atomic mass is 10.2. The molecule has 8 heteroatoms. The Labute approximate surface area is 107 Å². The van der Waals surface area contributed by atoms with Crippen LogP contribution in [0.25, 0.3) is 0 Å². The highest BCUT2D eigenvalue weighted by Crippen LogP contribution is 2.30. The van der Waals surface area contributed by atoms with E-state index in [9.17, 15) is 24.1 Å². The van der Waals surface area contributed by atoms with E-state index in [-0.39, 0.29) is 0 Å². The summed E-state index contributed by atoms with van der Waals surface area (Å²) in [7, 11) is 1.08. The first-order valence-corrected chi connectivity index (χ1v) is 5.11. The Morgan fingerprint density at radius 2 is 2.00 bits per heavy atom. The molecule has 0 aliphatic heterocycles. The summed E-state index contributed by atoms with van der Waals surface area (Å²) in [4.78, 5) is 32.3. The number of benzene rings is 1. The second-order valence-corrected chi connectivity index (χ2v) is 3.51. The number of halogens is 1. The molecule has 0 bridgehead atoms. The Bertz CT molecular complexity index is 530. The molecule has 0 heterocycles. The summed E-state index contributed by atoms with van der Waals surface area (Å²) in [6.07, 6.45) is 0. The molecule has 0 saturated carbocycles. The van der Waals surface area contributed by atoms with Gasteiger partial charge in [-0.15, -0.1) is 0 Å². The summed E-state index contributed by atoms with van der Waals surface area (Å²) < 4.78 is 22.2. The molecule has 0 saturated heterocycles. The molecule has 0 spiro atoms. The van der Waals surface area contributed by atoms with Gasteiger partial charge >= 0.3 is 17.6 Å². The third kappa shape index (κ3) is 3.24. The molecule has 0 amide bonds. The summed E-state index contributed by atoms with van der Waals surface area (Å²) in [5.41, 5.74) is -0.965. The van der Waals surface area contributed by atoms with Crippen molar-refractivity contribution in [2.24, 2.45) is 5.92 Å². The zero-order valence-corrected chi connectivity index (χ0v) is 10.1. The zero-order chi connectivity index (χ0) is 14.6. The standard InChI is InChI=1S/C11H10FNO6/c1-6(10(14)18-2)11(15)19-8-5-3-4-7(12)9(8)13(16)17/h3-6H,1-2H3. The van der Waals surface area contributed by atoms with Crippen molar-refractivity contribution < 1.29 is 28.4 Å². The van der Waals surface area contributed by atoms with E-state index in [2.05, 4.69) is 9.47 Å². The second kappa shape index (κ2) is 5.89. The molecule has 1 rings (SSSR count). The minimum Gasteiger partial charge on any atom is -0.468 e. The van der Waals surface area contributed by atoms with Crippen LogP contribution in [0.5, 0.6) is 5.75 Å². The van der Waals surface area contributed by atoms with Crippen LogP contribution in [0.15, 0.2) is 18.2 Å². The quantitative estimate of drug-likeness (QED) is 0.270. The number of rotatable bonds is 4. The first kappa shape index (κ1) is 14.6. The van der Waals surface area contributed by atoms with Gasteiger partial charge in [-0.2, -0.15) is 4.39 Å². The summed E-state index contributed by atoms with van der Waals surface area (Å²) in [5.74, 6) is -4.90. The van der Waals surface area contributed by atoms with Crippen LogP contribution in [0.2, 0.25) is 0 Å². The van der Waals surface area contributed by atoms with Crippen LogP contribution >= 0.6 is 0 Å². The Morgan fingerprint density at radius 1 is 1.37 bits per heavy atom. The molecular formula is C11H10FNO6. The number of carbonyl (C=O) groups excluding carboxylic acids is 2. The fourth-order valence-electron chi connectivity index (χ4n) is 1.22. The summed E-state index contributed by atoms with van der Waals surface area (Å²) >= 11 is 0. The molecule has 1 unspecified atom stereocenters. The molecule has 7 nitrogen and oxygen atoms in total. The number of para-hydroxylation sites is 1. The Kier molecular flexibility index (Phi) is 4.51. The SMILES string of the molecule is COC(=O)C(C)C(=O)Oc1cccc(F)c1[N+](=O)[O-]. The maximum atomic E-state index is 13.3. The molecular weight excluding hydrogens is 261 g/mol. The van der Waals surface area contributed by atoms with Crippen molar-refractivity contribution in [3.8, 4) is 5.75 Å².